The van der Waals surface area contributed by atoms with Gasteiger partial charge in [-0.3, -0.25) is 9.36 Å². The van der Waals surface area contributed by atoms with Gasteiger partial charge in [-0.05, 0) is 0 Å². The zero-order chi connectivity index (χ0) is 9.40. The highest BCUT2D eigenvalue weighted by Crippen LogP contribution is 1.95. The zero-order valence-corrected chi connectivity index (χ0v) is 7.38. The first kappa shape index (κ1) is 11.0. The van der Waals surface area contributed by atoms with Gasteiger partial charge >= 0.3 is 5.97 Å². The topological polar surface area (TPSA) is 60.4 Å². The van der Waals surface area contributed by atoms with Crippen LogP contribution in [0, 0.1) is 0 Å². The fourth-order valence-corrected chi connectivity index (χ4v) is 0.778. The molecule has 0 saturated heterocycles. The Bertz CT molecular complexity index is 200. The Morgan fingerprint density at radius 2 is 2.17 bits per heavy atom. The van der Waals surface area contributed by atoms with E-state index in [1.165, 1.54) is 0 Å². The molecule has 12 heavy (non-hydrogen) atoms. The van der Waals surface area contributed by atoms with Crippen LogP contribution in [0.1, 0.15) is 6.42 Å². The molecule has 66 valence electrons. The lowest BCUT2D eigenvalue weighted by atomic mass is 10.3. The highest BCUT2D eigenvalue weighted by Gasteiger charge is 2.02. The van der Waals surface area contributed by atoms with Crippen LogP contribution >= 0.6 is 8.46 Å². The van der Waals surface area contributed by atoms with E-state index >= 15 is 0 Å². The van der Waals surface area contributed by atoms with Crippen LogP contribution in [-0.2, 0) is 18.9 Å². The molecule has 0 spiro atoms. The van der Waals surface area contributed by atoms with E-state index in [4.69, 9.17) is 0 Å². The van der Waals surface area contributed by atoms with Crippen LogP contribution in [0.4, 0.5) is 0 Å². The number of carbonyl (C=O) groups is 2. The van der Waals surface area contributed by atoms with E-state index in [0.29, 0.717) is 0 Å². The molecular weight excluding hydrogens is 179 g/mol. The molecule has 0 aliphatic heterocycles. The van der Waals surface area contributed by atoms with Crippen LogP contribution in [0.25, 0.3) is 0 Å². The molecule has 0 unspecified atom stereocenters. The molecule has 0 rings (SSSR count). The second kappa shape index (κ2) is 6.68. The summed E-state index contributed by atoms with van der Waals surface area (Å²) in [5.74, 6) is -0.744. The number of esters is 1. The number of hydrogen-bond acceptors (Lipinski definition) is 4. The van der Waals surface area contributed by atoms with E-state index in [9.17, 15) is 14.2 Å². The summed E-state index contributed by atoms with van der Waals surface area (Å²) >= 11 is 0. The van der Waals surface area contributed by atoms with Crippen molar-refractivity contribution in [2.75, 3.05) is 12.8 Å². The molecule has 0 bridgehead atoms. The van der Waals surface area contributed by atoms with Crippen molar-refractivity contribution in [1.29, 1.82) is 0 Å². The van der Waals surface area contributed by atoms with Crippen molar-refractivity contribution < 1.29 is 18.9 Å². The van der Waals surface area contributed by atoms with Gasteiger partial charge in [0.2, 0.25) is 0 Å². The Labute approximate surface area is 71.8 Å². The minimum Gasteiger partial charge on any atom is -0.462 e. The molecule has 0 radical (unpaired) electrons. The Morgan fingerprint density at radius 3 is 2.67 bits per heavy atom. The van der Waals surface area contributed by atoms with Crippen molar-refractivity contribution in [3.8, 4) is 0 Å². The third-order valence-corrected chi connectivity index (χ3v) is 1.51. The van der Waals surface area contributed by atoms with E-state index in [2.05, 4.69) is 11.3 Å². The minimum absolute atomic E-state index is 0.0222. The molecule has 0 N–H and O–H groups in total. The predicted molar refractivity (Wildman–Crippen MR) is 43.3 cm³/mol. The summed E-state index contributed by atoms with van der Waals surface area (Å²) in [5.41, 5.74) is 0. The van der Waals surface area contributed by atoms with Crippen LogP contribution in [0.15, 0.2) is 12.7 Å². The summed E-state index contributed by atoms with van der Waals surface area (Å²) in [6.45, 7) is 3.21. The van der Waals surface area contributed by atoms with Gasteiger partial charge < -0.3 is 4.74 Å². The lowest BCUT2D eigenvalue weighted by Crippen LogP contribution is -2.08. The number of hydrogen-bond donors (Lipinski definition) is 0. The van der Waals surface area contributed by atoms with Crippen molar-refractivity contribution in [1.82, 2.24) is 0 Å². The maximum absolute atomic E-state index is 10.7. The number of ether oxygens (including phenoxy) is 1. The quantitative estimate of drug-likeness (QED) is 0.354. The summed E-state index contributed by atoms with van der Waals surface area (Å²) < 4.78 is 14.4. The zero-order valence-electron chi connectivity index (χ0n) is 6.49. The van der Waals surface area contributed by atoms with Gasteiger partial charge in [0.25, 0.3) is 0 Å². The van der Waals surface area contributed by atoms with Gasteiger partial charge in [0.1, 0.15) is 5.78 Å². The summed E-state index contributed by atoms with van der Waals surface area (Å²) in [4.78, 5) is 21.1. The average Bonchev–Trinajstić information content (AvgIpc) is 2.04. The van der Waals surface area contributed by atoms with Gasteiger partial charge in [-0.1, -0.05) is 6.58 Å². The molecule has 5 heteroatoms. The SMILES string of the molecule is C=CC(=O)OCCC(=O)CP=O. The van der Waals surface area contributed by atoms with Gasteiger partial charge in [-0.15, -0.1) is 0 Å². The number of rotatable bonds is 6. The van der Waals surface area contributed by atoms with Crippen molar-refractivity contribution >= 4 is 20.2 Å². The van der Waals surface area contributed by atoms with Gasteiger partial charge in [0, 0.05) is 12.5 Å². The number of carbonyl (C=O) groups excluding carboxylic acids is 2. The van der Waals surface area contributed by atoms with E-state index in [0.717, 1.165) is 6.08 Å². The normalized spacial score (nSPS) is 9.33. The van der Waals surface area contributed by atoms with Crippen LogP contribution in [0.2, 0.25) is 0 Å². The van der Waals surface area contributed by atoms with Crippen LogP contribution in [0.5, 0.6) is 0 Å². The summed E-state index contributed by atoms with van der Waals surface area (Å²) in [5, 5.41) is 0. The molecule has 0 aliphatic carbocycles. The second-order valence-corrected chi connectivity index (χ2v) is 2.52. The molecule has 0 heterocycles. The first-order valence-corrected chi connectivity index (χ1v) is 4.30. The molecule has 0 aromatic heterocycles. The van der Waals surface area contributed by atoms with Crippen molar-refractivity contribution in [3.05, 3.63) is 12.7 Å². The molecule has 0 aliphatic rings. The van der Waals surface area contributed by atoms with Gasteiger partial charge in [-0.25, -0.2) is 4.79 Å². The Kier molecular flexibility index (Phi) is 6.11. The molecule has 0 saturated carbocycles. The highest BCUT2D eigenvalue weighted by atomic mass is 31.1. The van der Waals surface area contributed by atoms with Crippen LogP contribution in [0.3, 0.4) is 0 Å². The third-order valence-electron chi connectivity index (χ3n) is 1.03. The lowest BCUT2D eigenvalue weighted by molar-refractivity contribution is -0.138. The Hall–Kier alpha value is -1.02. The molecule has 0 amide bonds. The van der Waals surface area contributed by atoms with E-state index in [1.807, 2.05) is 0 Å². The van der Waals surface area contributed by atoms with Gasteiger partial charge in [0.15, 0.2) is 8.46 Å². The molecular formula is C7H9O4P. The molecule has 4 nitrogen and oxygen atoms in total. The first-order valence-electron chi connectivity index (χ1n) is 3.30. The fraction of sp³-hybridized carbons (Fsp3) is 0.429. The molecule has 0 fully saturated rings. The maximum Gasteiger partial charge on any atom is 0.330 e. The molecule has 0 atom stereocenters. The monoisotopic (exact) mass is 188 g/mol. The van der Waals surface area contributed by atoms with Crippen LogP contribution in [-0.4, -0.2) is 24.5 Å². The lowest BCUT2D eigenvalue weighted by Gasteiger charge is -1.98. The summed E-state index contributed by atoms with van der Waals surface area (Å²) in [6.07, 6.45) is 1.11. The molecule has 0 aromatic carbocycles. The third kappa shape index (κ3) is 5.74. The Morgan fingerprint density at radius 1 is 1.50 bits per heavy atom. The largest absolute Gasteiger partial charge is 0.462 e. The van der Waals surface area contributed by atoms with Gasteiger partial charge in [0.05, 0.1) is 12.8 Å². The standard InChI is InChI=1S/C7H9O4P/c1-2-7(9)11-4-3-6(8)5-12-10/h2H,1,3-5H2. The van der Waals surface area contributed by atoms with E-state index in [-0.39, 0.29) is 33.4 Å². The van der Waals surface area contributed by atoms with Crippen LogP contribution < -0.4 is 0 Å². The maximum atomic E-state index is 10.7. The predicted octanol–water partition coefficient (Wildman–Crippen LogP) is 0.966. The highest BCUT2D eigenvalue weighted by molar-refractivity contribution is 7.25. The second-order valence-electron chi connectivity index (χ2n) is 1.95. The summed E-state index contributed by atoms with van der Waals surface area (Å²) in [7, 11) is -0.201. The van der Waals surface area contributed by atoms with Crippen molar-refractivity contribution in [2.45, 2.75) is 6.42 Å². The summed E-state index contributed by atoms with van der Waals surface area (Å²) in [6, 6.07) is 0. The van der Waals surface area contributed by atoms with E-state index in [1.54, 1.807) is 0 Å². The Balaban J connectivity index is 3.42. The van der Waals surface area contributed by atoms with Crippen molar-refractivity contribution in [2.24, 2.45) is 0 Å². The number of ketones is 1. The van der Waals surface area contributed by atoms with E-state index < -0.39 is 5.97 Å². The average molecular weight is 188 g/mol. The number of Topliss-reactive ketones (excluding diaryl/α,β-unsaturated/α-hetero) is 1. The van der Waals surface area contributed by atoms with Crippen molar-refractivity contribution in [3.63, 3.8) is 0 Å². The van der Waals surface area contributed by atoms with Gasteiger partial charge in [-0.2, -0.15) is 0 Å². The minimum atomic E-state index is -0.553. The fourth-order valence-electron chi connectivity index (χ4n) is 0.475. The molecule has 0 aromatic rings. The smallest absolute Gasteiger partial charge is 0.330 e. The first-order chi connectivity index (χ1) is 5.70.